The molecule has 1 heterocycles. The number of hydrogen-bond acceptors (Lipinski definition) is 2. The molecule has 20 heavy (non-hydrogen) atoms. The number of fused-ring (bicyclic) bond motifs is 1. The maximum atomic E-state index is 6.09. The van der Waals surface area contributed by atoms with E-state index < -0.39 is 0 Å². The first-order valence-electron chi connectivity index (χ1n) is 6.57. The van der Waals surface area contributed by atoms with Crippen LogP contribution in [0.3, 0.4) is 0 Å². The molecule has 0 saturated carbocycles. The van der Waals surface area contributed by atoms with Crippen molar-refractivity contribution in [1.82, 2.24) is 9.97 Å². The molecular formula is C14H12B3ClN2. The summed E-state index contributed by atoms with van der Waals surface area (Å²) in [5, 5.41) is 1.32. The van der Waals surface area contributed by atoms with Crippen molar-refractivity contribution in [2.75, 3.05) is 0 Å². The van der Waals surface area contributed by atoms with Gasteiger partial charge in [0.2, 0.25) is 5.28 Å². The Morgan fingerprint density at radius 1 is 0.900 bits per heavy atom. The molecule has 0 bridgehead atoms. The minimum absolute atomic E-state index is 0.290. The highest BCUT2D eigenvalue weighted by Crippen LogP contribution is 2.24. The van der Waals surface area contributed by atoms with Crippen LogP contribution in [0.25, 0.3) is 22.2 Å². The molecule has 0 saturated heterocycles. The summed E-state index contributed by atoms with van der Waals surface area (Å²) in [6, 6.07) is 12.3. The lowest BCUT2D eigenvalue weighted by atomic mass is 9.75. The zero-order valence-corrected chi connectivity index (χ0v) is 12.5. The van der Waals surface area contributed by atoms with E-state index in [4.69, 9.17) is 11.6 Å². The molecule has 0 N–H and O–H groups in total. The van der Waals surface area contributed by atoms with Gasteiger partial charge in [0.15, 0.2) is 0 Å². The normalized spacial score (nSPS) is 10.8. The molecule has 0 amide bonds. The first kappa shape index (κ1) is 13.3. The van der Waals surface area contributed by atoms with Crippen LogP contribution < -0.4 is 16.4 Å². The number of rotatable bonds is 1. The van der Waals surface area contributed by atoms with E-state index in [0.29, 0.717) is 0 Å². The van der Waals surface area contributed by atoms with E-state index in [1.54, 1.807) is 0 Å². The van der Waals surface area contributed by atoms with Crippen LogP contribution in [0, 0.1) is 0 Å². The zero-order valence-electron chi connectivity index (χ0n) is 11.7. The van der Waals surface area contributed by atoms with Gasteiger partial charge in [-0.15, -0.1) is 0 Å². The number of benzene rings is 2. The summed E-state index contributed by atoms with van der Waals surface area (Å²) in [4.78, 5) is 8.77. The Labute approximate surface area is 125 Å². The molecule has 0 aliphatic heterocycles. The van der Waals surface area contributed by atoms with Crippen molar-refractivity contribution in [3.63, 3.8) is 0 Å². The molecule has 94 valence electrons. The second-order valence-corrected chi connectivity index (χ2v) is 5.47. The Morgan fingerprint density at radius 3 is 2.25 bits per heavy atom. The van der Waals surface area contributed by atoms with Gasteiger partial charge in [-0.05, 0) is 23.2 Å². The predicted molar refractivity (Wildman–Crippen MR) is 94.5 cm³/mol. The predicted octanol–water partition coefficient (Wildman–Crippen LogP) is -1.27. The van der Waals surface area contributed by atoms with E-state index in [0.717, 1.165) is 22.2 Å². The Morgan fingerprint density at radius 2 is 1.55 bits per heavy atom. The molecular weight excluding hydrogens is 264 g/mol. The molecule has 0 aliphatic carbocycles. The van der Waals surface area contributed by atoms with Crippen LogP contribution in [0.5, 0.6) is 0 Å². The Balaban J connectivity index is 2.41. The van der Waals surface area contributed by atoms with Crippen molar-refractivity contribution in [3.8, 4) is 11.3 Å². The van der Waals surface area contributed by atoms with E-state index in [-0.39, 0.29) is 5.28 Å². The lowest BCUT2D eigenvalue weighted by molar-refractivity contribution is 1.23. The van der Waals surface area contributed by atoms with E-state index in [9.17, 15) is 0 Å². The summed E-state index contributed by atoms with van der Waals surface area (Å²) in [6.07, 6.45) is 0. The third-order valence-corrected chi connectivity index (χ3v) is 3.66. The fourth-order valence-corrected chi connectivity index (χ4v) is 2.97. The summed E-state index contributed by atoms with van der Waals surface area (Å²) >= 11 is 6.09. The van der Waals surface area contributed by atoms with E-state index >= 15 is 0 Å². The largest absolute Gasteiger partial charge is 0.223 e. The fourth-order valence-electron chi connectivity index (χ4n) is 2.79. The minimum atomic E-state index is 0.290. The number of para-hydroxylation sites is 1. The molecule has 0 unspecified atom stereocenters. The maximum Gasteiger partial charge on any atom is 0.223 e. The fraction of sp³-hybridized carbons (Fsp3) is 0. The topological polar surface area (TPSA) is 25.8 Å². The van der Waals surface area contributed by atoms with Crippen LogP contribution in [-0.4, -0.2) is 33.5 Å². The number of nitrogens with zero attached hydrogens (tertiary/aromatic N) is 2. The SMILES string of the molecule is Bc1cc(B)c(-c2nc(Cl)nc3ccccc23)c(B)c1. The van der Waals surface area contributed by atoms with Gasteiger partial charge in [0.25, 0.3) is 0 Å². The quantitative estimate of drug-likeness (QED) is 0.409. The highest BCUT2D eigenvalue weighted by molar-refractivity contribution is 6.47. The van der Waals surface area contributed by atoms with Gasteiger partial charge in [-0.1, -0.05) is 46.7 Å². The van der Waals surface area contributed by atoms with Gasteiger partial charge in [-0.3, -0.25) is 0 Å². The van der Waals surface area contributed by atoms with Crippen molar-refractivity contribution in [2.24, 2.45) is 0 Å². The summed E-state index contributed by atoms with van der Waals surface area (Å²) in [5.74, 6) is 0. The van der Waals surface area contributed by atoms with Gasteiger partial charge in [0, 0.05) is 5.39 Å². The number of halogens is 1. The highest BCUT2D eigenvalue weighted by Gasteiger charge is 2.13. The monoisotopic (exact) mass is 276 g/mol. The summed E-state index contributed by atoms with van der Waals surface area (Å²) in [7, 11) is 6.33. The lowest BCUT2D eigenvalue weighted by Crippen LogP contribution is -2.27. The summed E-state index contributed by atoms with van der Waals surface area (Å²) < 4.78 is 0. The zero-order chi connectivity index (χ0) is 14.3. The Bertz CT molecular complexity index is 798. The Hall–Kier alpha value is -1.74. The molecule has 0 atom stereocenters. The first-order chi connectivity index (χ1) is 9.56. The molecule has 0 radical (unpaired) electrons. The van der Waals surface area contributed by atoms with Crippen LogP contribution in [-0.2, 0) is 0 Å². The second kappa shape index (κ2) is 4.99. The smallest absolute Gasteiger partial charge is 0.218 e. The standard InChI is InChI=1S/C14H12B3ClN2/c15-7-5-9(16)12(10(17)6-7)13-8-3-1-2-4-11(8)19-14(18)20-13/h1-6H,15-17H2. The van der Waals surface area contributed by atoms with Crippen molar-refractivity contribution in [3.05, 3.63) is 41.7 Å². The third kappa shape index (κ3) is 2.23. The van der Waals surface area contributed by atoms with Gasteiger partial charge < -0.3 is 0 Å². The first-order valence-corrected chi connectivity index (χ1v) is 6.94. The molecule has 3 rings (SSSR count). The molecule has 0 spiro atoms. The third-order valence-electron chi connectivity index (χ3n) is 3.49. The van der Waals surface area contributed by atoms with Crippen LogP contribution in [0.15, 0.2) is 36.4 Å². The summed E-state index contributed by atoms with van der Waals surface area (Å²) in [5.41, 5.74) is 6.62. The van der Waals surface area contributed by atoms with E-state index in [2.05, 4.69) is 45.6 Å². The molecule has 0 fully saturated rings. The van der Waals surface area contributed by atoms with Crippen molar-refractivity contribution in [1.29, 1.82) is 0 Å². The van der Waals surface area contributed by atoms with Gasteiger partial charge in [-0.2, -0.15) is 0 Å². The average molecular weight is 276 g/mol. The van der Waals surface area contributed by atoms with Crippen molar-refractivity contribution in [2.45, 2.75) is 0 Å². The molecule has 2 nitrogen and oxygen atoms in total. The molecule has 1 aromatic heterocycles. The van der Waals surface area contributed by atoms with Gasteiger partial charge >= 0.3 is 0 Å². The van der Waals surface area contributed by atoms with Crippen LogP contribution in [0.2, 0.25) is 5.28 Å². The molecule has 3 aromatic rings. The van der Waals surface area contributed by atoms with Crippen molar-refractivity contribution >= 4 is 62.4 Å². The minimum Gasteiger partial charge on any atom is -0.218 e. The van der Waals surface area contributed by atoms with Gasteiger partial charge in [0.1, 0.15) is 23.5 Å². The van der Waals surface area contributed by atoms with Crippen molar-refractivity contribution < 1.29 is 0 Å². The maximum absolute atomic E-state index is 6.09. The average Bonchev–Trinajstić information content (AvgIpc) is 2.37. The Kier molecular flexibility index (Phi) is 3.31. The van der Waals surface area contributed by atoms with E-state index in [1.807, 2.05) is 24.3 Å². The molecule has 6 heteroatoms. The van der Waals surface area contributed by atoms with Gasteiger partial charge in [-0.25, -0.2) is 9.97 Å². The molecule has 0 aliphatic rings. The number of aromatic nitrogens is 2. The number of hydrogen-bond donors (Lipinski definition) is 0. The van der Waals surface area contributed by atoms with Gasteiger partial charge in [0.05, 0.1) is 11.2 Å². The summed E-state index contributed by atoms with van der Waals surface area (Å²) in [6.45, 7) is 0. The second-order valence-electron chi connectivity index (χ2n) is 5.13. The lowest BCUT2D eigenvalue weighted by Gasteiger charge is -2.13. The van der Waals surface area contributed by atoms with Crippen LogP contribution in [0.1, 0.15) is 0 Å². The van der Waals surface area contributed by atoms with E-state index in [1.165, 1.54) is 16.4 Å². The van der Waals surface area contributed by atoms with Crippen LogP contribution >= 0.6 is 11.6 Å². The van der Waals surface area contributed by atoms with Crippen LogP contribution in [0.4, 0.5) is 0 Å². The highest BCUT2D eigenvalue weighted by atomic mass is 35.5. The molecule has 2 aromatic carbocycles.